The third-order valence-corrected chi connectivity index (χ3v) is 6.16. The number of benzene rings is 2. The molecule has 0 bridgehead atoms. The van der Waals surface area contributed by atoms with E-state index in [0.29, 0.717) is 12.8 Å². The molecule has 1 fully saturated rings. The topological polar surface area (TPSA) is 97.4 Å². The largest absolute Gasteiger partial charge is 0.444 e. The first-order valence-corrected chi connectivity index (χ1v) is 12.8. The molecule has 40 heavy (non-hydrogen) atoms. The Hall–Kier alpha value is -4.21. The molecular formula is C30H30F3N3O4. The number of carbonyl (C=O) groups is 3. The number of alkyl halides is 3. The van der Waals surface area contributed by atoms with E-state index in [9.17, 15) is 27.6 Å². The van der Waals surface area contributed by atoms with Crippen LogP contribution in [0.3, 0.4) is 0 Å². The van der Waals surface area contributed by atoms with Gasteiger partial charge in [0, 0.05) is 17.5 Å². The Morgan fingerprint density at radius 3 is 2.25 bits per heavy atom. The van der Waals surface area contributed by atoms with Crippen molar-refractivity contribution in [1.29, 1.82) is 0 Å². The minimum Gasteiger partial charge on any atom is -0.444 e. The van der Waals surface area contributed by atoms with E-state index in [1.165, 1.54) is 6.07 Å². The average Bonchev–Trinajstić information content (AvgIpc) is 3.68. The molecule has 0 saturated heterocycles. The smallest absolute Gasteiger partial charge is 0.416 e. The highest BCUT2D eigenvalue weighted by molar-refractivity contribution is 6.12. The van der Waals surface area contributed by atoms with Gasteiger partial charge in [-0.3, -0.25) is 19.9 Å². The first-order valence-electron chi connectivity index (χ1n) is 12.8. The van der Waals surface area contributed by atoms with Crippen LogP contribution in [0.1, 0.15) is 73.1 Å². The number of Topliss-reactive ketones (excluding diaryl/α,β-unsaturated/α-hetero) is 1. The van der Waals surface area contributed by atoms with Gasteiger partial charge in [-0.15, -0.1) is 0 Å². The molecule has 2 amide bonds. The predicted molar refractivity (Wildman–Crippen MR) is 145 cm³/mol. The summed E-state index contributed by atoms with van der Waals surface area (Å²) >= 11 is 0. The van der Waals surface area contributed by atoms with Gasteiger partial charge in [0.05, 0.1) is 23.4 Å². The first kappa shape index (κ1) is 28.8. The monoisotopic (exact) mass is 553 g/mol. The molecule has 10 heteroatoms. The Bertz CT molecular complexity index is 1460. The lowest BCUT2D eigenvalue weighted by Crippen LogP contribution is -2.28. The Kier molecular flexibility index (Phi) is 8.00. The number of aromatic nitrogens is 1. The van der Waals surface area contributed by atoms with Gasteiger partial charge in [-0.25, -0.2) is 4.79 Å². The zero-order chi connectivity index (χ0) is 29.2. The maximum atomic E-state index is 13.9. The van der Waals surface area contributed by atoms with Gasteiger partial charge in [-0.2, -0.15) is 13.2 Å². The number of nitrogens with zero attached hydrogens (tertiary/aromatic N) is 1. The van der Waals surface area contributed by atoms with Crippen molar-refractivity contribution in [1.82, 2.24) is 4.98 Å². The molecule has 1 heterocycles. The van der Waals surface area contributed by atoms with Crippen LogP contribution in [0.4, 0.5) is 29.3 Å². The van der Waals surface area contributed by atoms with Gasteiger partial charge in [0.25, 0.3) is 0 Å². The summed E-state index contributed by atoms with van der Waals surface area (Å²) in [6.45, 7) is 6.78. The summed E-state index contributed by atoms with van der Waals surface area (Å²) in [6.07, 6.45) is -3.34. The van der Waals surface area contributed by atoms with Gasteiger partial charge in [0.15, 0.2) is 5.78 Å². The number of anilines is 2. The molecule has 1 saturated carbocycles. The molecule has 2 aromatic carbocycles. The SMILES string of the molecule is Cc1cc(-c2cccc(C(=O)CC(=O)Nc3cc(C(F)(F)F)c(C4CC4)cc3NC(=O)OC(C)(C)C)c2)ccn1. The van der Waals surface area contributed by atoms with Crippen LogP contribution in [0.2, 0.25) is 0 Å². The minimum absolute atomic E-state index is 0.0378. The van der Waals surface area contributed by atoms with Crippen molar-refractivity contribution < 1.29 is 32.3 Å². The molecule has 7 nitrogen and oxygen atoms in total. The summed E-state index contributed by atoms with van der Waals surface area (Å²) in [5, 5.41) is 4.85. The van der Waals surface area contributed by atoms with E-state index >= 15 is 0 Å². The normalized spacial score (nSPS) is 13.5. The molecule has 2 N–H and O–H groups in total. The minimum atomic E-state index is -4.68. The summed E-state index contributed by atoms with van der Waals surface area (Å²) in [5.74, 6) is -1.63. The van der Waals surface area contributed by atoms with Gasteiger partial charge < -0.3 is 10.1 Å². The third kappa shape index (κ3) is 7.46. The Labute approximate surface area is 230 Å². The summed E-state index contributed by atoms with van der Waals surface area (Å²) in [4.78, 5) is 42.5. The molecular weight excluding hydrogens is 523 g/mol. The Morgan fingerprint density at radius 1 is 0.950 bits per heavy atom. The van der Waals surface area contributed by atoms with Gasteiger partial charge >= 0.3 is 12.3 Å². The van der Waals surface area contributed by atoms with Crippen molar-refractivity contribution in [2.24, 2.45) is 0 Å². The van der Waals surface area contributed by atoms with Crippen LogP contribution in [-0.2, 0) is 15.7 Å². The molecule has 1 aromatic heterocycles. The van der Waals surface area contributed by atoms with E-state index in [2.05, 4.69) is 15.6 Å². The van der Waals surface area contributed by atoms with Crippen molar-refractivity contribution in [3.63, 3.8) is 0 Å². The first-order chi connectivity index (χ1) is 18.7. The van der Waals surface area contributed by atoms with Crippen LogP contribution >= 0.6 is 0 Å². The molecule has 4 rings (SSSR count). The number of nitrogens with one attached hydrogen (secondary N) is 2. The molecule has 0 unspecified atom stereocenters. The highest BCUT2D eigenvalue weighted by Crippen LogP contribution is 2.48. The third-order valence-electron chi connectivity index (χ3n) is 6.16. The van der Waals surface area contributed by atoms with Crippen molar-refractivity contribution in [3.8, 4) is 11.1 Å². The second-order valence-electron chi connectivity index (χ2n) is 10.8. The summed E-state index contributed by atoms with van der Waals surface area (Å²) < 4.78 is 47.0. The van der Waals surface area contributed by atoms with E-state index in [0.717, 1.165) is 22.9 Å². The highest BCUT2D eigenvalue weighted by Gasteiger charge is 2.39. The zero-order valence-corrected chi connectivity index (χ0v) is 22.6. The standard InChI is InChI=1S/C30H30F3N3O4/c1-17-12-20(10-11-34-17)19-6-5-7-21(13-19)26(37)16-27(38)35-25-15-23(30(31,32)33)22(18-8-9-18)14-24(25)36-28(39)40-29(2,3)4/h5-7,10-15,18H,8-9,16H2,1-4H3,(H,35,38)(H,36,39). The summed E-state index contributed by atoms with van der Waals surface area (Å²) in [6, 6.07) is 12.4. The number of halogens is 3. The molecule has 0 atom stereocenters. The maximum absolute atomic E-state index is 13.9. The number of amides is 2. The van der Waals surface area contributed by atoms with E-state index in [4.69, 9.17) is 4.74 Å². The Balaban J connectivity index is 1.58. The lowest BCUT2D eigenvalue weighted by atomic mass is 9.99. The van der Waals surface area contributed by atoms with E-state index < -0.39 is 41.5 Å². The lowest BCUT2D eigenvalue weighted by molar-refractivity contribution is -0.138. The van der Waals surface area contributed by atoms with E-state index in [1.54, 1.807) is 51.2 Å². The molecule has 1 aliphatic carbocycles. The molecule has 0 radical (unpaired) electrons. The van der Waals surface area contributed by atoms with Crippen LogP contribution in [0.15, 0.2) is 54.7 Å². The predicted octanol–water partition coefficient (Wildman–Crippen LogP) is 7.51. The quantitative estimate of drug-likeness (QED) is 0.233. The van der Waals surface area contributed by atoms with Crippen LogP contribution in [0.25, 0.3) is 11.1 Å². The fourth-order valence-electron chi connectivity index (χ4n) is 4.25. The summed E-state index contributed by atoms with van der Waals surface area (Å²) in [7, 11) is 0. The fraction of sp³-hybridized carbons (Fsp3) is 0.333. The van der Waals surface area contributed by atoms with Crippen molar-refractivity contribution in [2.45, 2.75) is 64.7 Å². The van der Waals surface area contributed by atoms with Gasteiger partial charge in [0.1, 0.15) is 5.60 Å². The maximum Gasteiger partial charge on any atom is 0.416 e. The molecule has 0 aliphatic heterocycles. The van der Waals surface area contributed by atoms with Gasteiger partial charge in [-0.1, -0.05) is 18.2 Å². The van der Waals surface area contributed by atoms with E-state index in [1.807, 2.05) is 19.1 Å². The lowest BCUT2D eigenvalue weighted by Gasteiger charge is -2.22. The number of ether oxygens (including phenoxy) is 1. The highest BCUT2D eigenvalue weighted by atomic mass is 19.4. The molecule has 0 spiro atoms. The Morgan fingerprint density at radius 2 is 1.62 bits per heavy atom. The number of aryl methyl sites for hydroxylation is 1. The molecule has 3 aromatic rings. The van der Waals surface area contributed by atoms with Gasteiger partial charge in [-0.05, 0) is 93.5 Å². The number of carbonyl (C=O) groups excluding carboxylic acids is 3. The van der Waals surface area contributed by atoms with Crippen LogP contribution < -0.4 is 10.6 Å². The fourth-order valence-corrected chi connectivity index (χ4v) is 4.25. The van der Waals surface area contributed by atoms with Crippen molar-refractivity contribution in [2.75, 3.05) is 10.6 Å². The van der Waals surface area contributed by atoms with Crippen LogP contribution in [0, 0.1) is 6.92 Å². The van der Waals surface area contributed by atoms with Crippen molar-refractivity contribution in [3.05, 3.63) is 77.1 Å². The number of pyridine rings is 1. The molecule has 1 aliphatic rings. The second-order valence-corrected chi connectivity index (χ2v) is 10.8. The number of rotatable bonds is 7. The summed E-state index contributed by atoms with van der Waals surface area (Å²) in [5.41, 5.74) is 0.647. The second kappa shape index (κ2) is 11.1. The number of hydrogen-bond acceptors (Lipinski definition) is 5. The van der Waals surface area contributed by atoms with Crippen LogP contribution in [-0.4, -0.2) is 28.4 Å². The van der Waals surface area contributed by atoms with Gasteiger partial charge in [0.2, 0.25) is 5.91 Å². The number of ketones is 1. The number of hydrogen-bond donors (Lipinski definition) is 2. The van der Waals surface area contributed by atoms with E-state index in [-0.39, 0.29) is 28.4 Å². The molecule has 210 valence electrons. The zero-order valence-electron chi connectivity index (χ0n) is 22.6. The van der Waals surface area contributed by atoms with Crippen LogP contribution in [0.5, 0.6) is 0 Å². The average molecular weight is 554 g/mol. The van der Waals surface area contributed by atoms with Crippen molar-refractivity contribution >= 4 is 29.2 Å².